The number of para-hydroxylation sites is 1. The molecule has 0 aliphatic heterocycles. The predicted octanol–water partition coefficient (Wildman–Crippen LogP) is 3.64. The molecule has 3 aromatic rings. The molecule has 0 spiro atoms. The van der Waals surface area contributed by atoms with Crippen LogP contribution in [-0.2, 0) is 7.05 Å². The second-order valence-corrected chi connectivity index (χ2v) is 5.21. The van der Waals surface area contributed by atoms with Crippen molar-refractivity contribution in [2.75, 3.05) is 0 Å². The van der Waals surface area contributed by atoms with E-state index < -0.39 is 0 Å². The van der Waals surface area contributed by atoms with Gasteiger partial charge in [0.2, 0.25) is 0 Å². The fourth-order valence-corrected chi connectivity index (χ4v) is 3.21. The number of aromatic nitrogens is 2. The quantitative estimate of drug-likeness (QED) is 0.578. The van der Waals surface area contributed by atoms with E-state index in [9.17, 15) is 0 Å². The molecule has 1 aromatic carbocycles. The first-order chi connectivity index (χ1) is 7.70. The molecule has 0 aliphatic carbocycles. The van der Waals surface area contributed by atoms with E-state index in [0.717, 1.165) is 0 Å². The van der Waals surface area contributed by atoms with Gasteiger partial charge in [-0.1, -0.05) is 18.2 Å². The summed E-state index contributed by atoms with van der Waals surface area (Å²) >= 11 is 2.35. The summed E-state index contributed by atoms with van der Waals surface area (Å²) in [6.45, 7) is 2.15. The number of rotatable bonds is 0. The molecular weight excluding hydrogens is 311 g/mol. The topological polar surface area (TPSA) is 17.8 Å². The van der Waals surface area contributed by atoms with Crippen LogP contribution in [0.2, 0.25) is 0 Å². The molecule has 3 rings (SSSR count). The molecular formula is C13H11IN2. The third kappa shape index (κ3) is 1.21. The monoisotopic (exact) mass is 322 g/mol. The summed E-state index contributed by atoms with van der Waals surface area (Å²) in [7, 11) is 2.12. The van der Waals surface area contributed by atoms with Crippen LogP contribution in [0.25, 0.3) is 21.8 Å². The minimum atomic E-state index is 1.20. The highest BCUT2D eigenvalue weighted by molar-refractivity contribution is 14.1. The van der Waals surface area contributed by atoms with E-state index in [1.807, 2.05) is 12.4 Å². The van der Waals surface area contributed by atoms with Crippen molar-refractivity contribution in [3.8, 4) is 0 Å². The fraction of sp³-hybridized carbons (Fsp3) is 0.154. The van der Waals surface area contributed by atoms with Crippen molar-refractivity contribution in [3.63, 3.8) is 0 Å². The smallest absolute Gasteiger partial charge is 0.0655 e. The first-order valence-electron chi connectivity index (χ1n) is 5.17. The van der Waals surface area contributed by atoms with Crippen LogP contribution < -0.4 is 0 Å². The summed E-state index contributed by atoms with van der Waals surface area (Å²) in [6, 6.07) is 6.43. The molecule has 0 saturated heterocycles. The summed E-state index contributed by atoms with van der Waals surface area (Å²) in [5, 5.41) is 2.54. The van der Waals surface area contributed by atoms with E-state index in [-0.39, 0.29) is 0 Å². The molecule has 3 heteroatoms. The van der Waals surface area contributed by atoms with Crippen molar-refractivity contribution in [3.05, 3.63) is 39.7 Å². The lowest BCUT2D eigenvalue weighted by Gasteiger charge is -2.01. The van der Waals surface area contributed by atoms with Crippen molar-refractivity contribution >= 4 is 44.4 Å². The number of nitrogens with zero attached hydrogens (tertiary/aromatic N) is 2. The van der Waals surface area contributed by atoms with Gasteiger partial charge >= 0.3 is 0 Å². The van der Waals surface area contributed by atoms with Crippen molar-refractivity contribution in [2.24, 2.45) is 7.05 Å². The summed E-state index contributed by atoms with van der Waals surface area (Å²) in [5.41, 5.74) is 3.90. The molecule has 2 nitrogen and oxygen atoms in total. The Bertz CT molecular complexity index is 639. The van der Waals surface area contributed by atoms with Gasteiger partial charge in [0, 0.05) is 30.2 Å². The summed E-state index contributed by atoms with van der Waals surface area (Å²) < 4.78 is 3.47. The zero-order valence-corrected chi connectivity index (χ0v) is 11.3. The molecule has 0 atom stereocenters. The van der Waals surface area contributed by atoms with Gasteiger partial charge in [0.15, 0.2) is 0 Å². The Morgan fingerprint density at radius 1 is 1.12 bits per heavy atom. The predicted molar refractivity (Wildman–Crippen MR) is 75.7 cm³/mol. The van der Waals surface area contributed by atoms with E-state index in [4.69, 9.17) is 0 Å². The molecule has 0 bridgehead atoms. The second-order valence-electron chi connectivity index (χ2n) is 4.05. The summed E-state index contributed by atoms with van der Waals surface area (Å²) in [4.78, 5) is 4.28. The molecule has 0 amide bonds. The fourth-order valence-electron chi connectivity index (χ4n) is 2.40. The van der Waals surface area contributed by atoms with E-state index in [1.54, 1.807) is 0 Å². The van der Waals surface area contributed by atoms with Crippen LogP contribution in [0.15, 0.2) is 30.6 Å². The maximum absolute atomic E-state index is 4.28. The average Bonchev–Trinajstić information content (AvgIpc) is 2.56. The Morgan fingerprint density at radius 2 is 1.94 bits per heavy atom. The lowest BCUT2D eigenvalue weighted by atomic mass is 10.1. The van der Waals surface area contributed by atoms with Gasteiger partial charge in [-0.05, 0) is 35.1 Å². The zero-order valence-electron chi connectivity index (χ0n) is 9.16. The van der Waals surface area contributed by atoms with E-state index in [2.05, 4.69) is 64.3 Å². The van der Waals surface area contributed by atoms with Crippen molar-refractivity contribution in [1.82, 2.24) is 9.55 Å². The van der Waals surface area contributed by atoms with Gasteiger partial charge in [0.05, 0.1) is 14.6 Å². The first kappa shape index (κ1) is 10.1. The van der Waals surface area contributed by atoms with Crippen LogP contribution in [0.4, 0.5) is 0 Å². The Morgan fingerprint density at radius 3 is 2.75 bits per heavy atom. The standard InChI is InChI=1S/C13H11IN2/c1-8-4-3-5-9-10-6-15-7-11(14)13(10)16(2)12(8)9/h3-7H,1-2H3. The minimum Gasteiger partial charge on any atom is -0.342 e. The molecule has 0 saturated carbocycles. The third-order valence-electron chi connectivity index (χ3n) is 3.07. The number of pyridine rings is 1. The van der Waals surface area contributed by atoms with Gasteiger partial charge in [-0.25, -0.2) is 0 Å². The number of halogens is 1. The van der Waals surface area contributed by atoms with Crippen LogP contribution in [0.1, 0.15) is 5.56 Å². The van der Waals surface area contributed by atoms with E-state index >= 15 is 0 Å². The summed E-state index contributed by atoms with van der Waals surface area (Å²) in [6.07, 6.45) is 3.87. The van der Waals surface area contributed by atoms with E-state index in [1.165, 1.54) is 30.9 Å². The average molecular weight is 322 g/mol. The van der Waals surface area contributed by atoms with Crippen molar-refractivity contribution in [1.29, 1.82) is 0 Å². The van der Waals surface area contributed by atoms with Crippen molar-refractivity contribution in [2.45, 2.75) is 6.92 Å². The molecule has 80 valence electrons. The molecule has 0 aliphatic rings. The van der Waals surface area contributed by atoms with Gasteiger partial charge in [-0.3, -0.25) is 4.98 Å². The highest BCUT2D eigenvalue weighted by Gasteiger charge is 2.11. The first-order valence-corrected chi connectivity index (χ1v) is 6.25. The van der Waals surface area contributed by atoms with Crippen LogP contribution >= 0.6 is 22.6 Å². The molecule has 0 N–H and O–H groups in total. The lowest BCUT2D eigenvalue weighted by molar-refractivity contribution is 1.00. The summed E-state index contributed by atoms with van der Waals surface area (Å²) in [5.74, 6) is 0. The SMILES string of the molecule is Cc1cccc2c3cncc(I)c3n(C)c12. The normalized spacial score (nSPS) is 11.4. The van der Waals surface area contributed by atoms with Gasteiger partial charge in [0.1, 0.15) is 0 Å². The lowest BCUT2D eigenvalue weighted by Crippen LogP contribution is -1.91. The molecule has 0 fully saturated rings. The highest BCUT2D eigenvalue weighted by atomic mass is 127. The van der Waals surface area contributed by atoms with Crippen LogP contribution in [0.3, 0.4) is 0 Å². The van der Waals surface area contributed by atoms with Gasteiger partial charge in [0.25, 0.3) is 0 Å². The Balaban J connectivity index is 2.70. The Hall–Kier alpha value is -1.10. The second kappa shape index (κ2) is 3.45. The zero-order chi connectivity index (χ0) is 11.3. The Kier molecular flexibility index (Phi) is 2.17. The largest absolute Gasteiger partial charge is 0.342 e. The van der Waals surface area contributed by atoms with Crippen LogP contribution in [0.5, 0.6) is 0 Å². The maximum atomic E-state index is 4.28. The number of fused-ring (bicyclic) bond motifs is 3. The van der Waals surface area contributed by atoms with Crippen molar-refractivity contribution < 1.29 is 0 Å². The van der Waals surface area contributed by atoms with Crippen LogP contribution in [-0.4, -0.2) is 9.55 Å². The van der Waals surface area contributed by atoms with Gasteiger partial charge < -0.3 is 4.57 Å². The number of hydrogen-bond acceptors (Lipinski definition) is 1. The highest BCUT2D eigenvalue weighted by Crippen LogP contribution is 2.31. The maximum Gasteiger partial charge on any atom is 0.0655 e. The van der Waals surface area contributed by atoms with Gasteiger partial charge in [-0.15, -0.1) is 0 Å². The van der Waals surface area contributed by atoms with Gasteiger partial charge in [-0.2, -0.15) is 0 Å². The number of hydrogen-bond donors (Lipinski definition) is 0. The molecule has 2 heterocycles. The Labute approximate surface area is 107 Å². The number of aryl methyl sites for hydroxylation is 2. The third-order valence-corrected chi connectivity index (χ3v) is 3.86. The molecule has 0 radical (unpaired) electrons. The minimum absolute atomic E-state index is 1.20. The van der Waals surface area contributed by atoms with E-state index in [0.29, 0.717) is 0 Å². The molecule has 0 unspecified atom stereocenters. The molecule has 2 aromatic heterocycles. The number of benzene rings is 1. The molecule has 16 heavy (non-hydrogen) atoms. The van der Waals surface area contributed by atoms with Crippen LogP contribution in [0, 0.1) is 10.5 Å².